The van der Waals surface area contributed by atoms with Crippen LogP contribution in [0.25, 0.3) is 0 Å². The predicted octanol–water partition coefficient (Wildman–Crippen LogP) is 1.18. The second kappa shape index (κ2) is 3.35. The van der Waals surface area contributed by atoms with Crippen LogP contribution < -0.4 is 0 Å². The summed E-state index contributed by atoms with van der Waals surface area (Å²) < 4.78 is 5.40. The van der Waals surface area contributed by atoms with Gasteiger partial charge in [0.05, 0.1) is 12.2 Å². The molecule has 1 heterocycles. The Hall–Kier alpha value is -0.0800. The summed E-state index contributed by atoms with van der Waals surface area (Å²) in [6, 6.07) is 0. The molecular weight excluding hydrogens is 128 g/mol. The highest BCUT2D eigenvalue weighted by Gasteiger charge is 2.26. The summed E-state index contributed by atoms with van der Waals surface area (Å²) in [6.45, 7) is 4.98. The van der Waals surface area contributed by atoms with E-state index in [1.165, 1.54) is 0 Å². The van der Waals surface area contributed by atoms with Gasteiger partial charge < -0.3 is 9.84 Å². The van der Waals surface area contributed by atoms with Gasteiger partial charge in [-0.1, -0.05) is 13.8 Å². The van der Waals surface area contributed by atoms with Gasteiger partial charge in [0.15, 0.2) is 0 Å². The maximum absolute atomic E-state index is 9.41. The van der Waals surface area contributed by atoms with Gasteiger partial charge in [-0.25, -0.2) is 0 Å². The molecule has 1 aliphatic heterocycles. The van der Waals surface area contributed by atoms with Crippen LogP contribution in [0.3, 0.4) is 0 Å². The third kappa shape index (κ3) is 1.70. The number of aliphatic hydroxyl groups is 1. The molecule has 0 aromatic heterocycles. The Morgan fingerprint density at radius 3 is 2.60 bits per heavy atom. The van der Waals surface area contributed by atoms with E-state index in [0.29, 0.717) is 5.92 Å². The van der Waals surface area contributed by atoms with Gasteiger partial charge in [-0.05, 0) is 18.8 Å². The van der Waals surface area contributed by atoms with Crippen molar-refractivity contribution < 1.29 is 9.84 Å². The van der Waals surface area contributed by atoms with Crippen LogP contribution in [0.15, 0.2) is 0 Å². The fourth-order valence-electron chi connectivity index (χ4n) is 1.42. The van der Waals surface area contributed by atoms with E-state index in [-0.39, 0.29) is 12.2 Å². The first-order chi connectivity index (χ1) is 4.72. The standard InChI is InChI=1S/C8H16O2/c1-6(2)8-7(9)4-3-5-10-8/h6-9H,3-5H2,1-2H3/t7-,8-/m0/s1. The van der Waals surface area contributed by atoms with E-state index in [2.05, 4.69) is 13.8 Å². The fraction of sp³-hybridized carbons (Fsp3) is 1.00. The van der Waals surface area contributed by atoms with E-state index in [1.807, 2.05) is 0 Å². The molecule has 0 radical (unpaired) electrons. The van der Waals surface area contributed by atoms with Gasteiger partial charge in [-0.15, -0.1) is 0 Å². The van der Waals surface area contributed by atoms with E-state index in [0.717, 1.165) is 19.4 Å². The highest BCUT2D eigenvalue weighted by atomic mass is 16.5. The quantitative estimate of drug-likeness (QED) is 0.599. The summed E-state index contributed by atoms with van der Waals surface area (Å²) in [7, 11) is 0. The molecule has 10 heavy (non-hydrogen) atoms. The highest BCUT2D eigenvalue weighted by Crippen LogP contribution is 2.19. The van der Waals surface area contributed by atoms with E-state index in [1.54, 1.807) is 0 Å². The van der Waals surface area contributed by atoms with E-state index < -0.39 is 0 Å². The smallest absolute Gasteiger partial charge is 0.0856 e. The third-order valence-corrected chi connectivity index (χ3v) is 1.99. The Morgan fingerprint density at radius 1 is 1.50 bits per heavy atom. The number of rotatable bonds is 1. The van der Waals surface area contributed by atoms with Crippen LogP contribution in [0.1, 0.15) is 26.7 Å². The van der Waals surface area contributed by atoms with Crippen molar-refractivity contribution >= 4 is 0 Å². The maximum Gasteiger partial charge on any atom is 0.0856 e. The summed E-state index contributed by atoms with van der Waals surface area (Å²) in [5.74, 6) is 0.440. The molecule has 1 aliphatic rings. The van der Waals surface area contributed by atoms with Crippen molar-refractivity contribution in [1.82, 2.24) is 0 Å². The Balaban J connectivity index is 2.40. The van der Waals surface area contributed by atoms with E-state index >= 15 is 0 Å². The Kier molecular flexibility index (Phi) is 2.69. The first kappa shape index (κ1) is 8.02. The molecule has 2 nitrogen and oxygen atoms in total. The molecule has 0 aromatic carbocycles. The maximum atomic E-state index is 9.41. The topological polar surface area (TPSA) is 29.5 Å². The van der Waals surface area contributed by atoms with Crippen molar-refractivity contribution in [2.24, 2.45) is 5.92 Å². The van der Waals surface area contributed by atoms with E-state index in [9.17, 15) is 5.11 Å². The second-order valence-electron chi connectivity index (χ2n) is 3.29. The lowest BCUT2D eigenvalue weighted by Crippen LogP contribution is -2.37. The highest BCUT2D eigenvalue weighted by molar-refractivity contribution is 4.75. The van der Waals surface area contributed by atoms with Gasteiger partial charge in [0.25, 0.3) is 0 Å². The Labute approximate surface area is 62.2 Å². The first-order valence-corrected chi connectivity index (χ1v) is 4.01. The minimum absolute atomic E-state index is 0.0775. The van der Waals surface area contributed by atoms with Crippen LogP contribution >= 0.6 is 0 Å². The third-order valence-electron chi connectivity index (χ3n) is 1.99. The van der Waals surface area contributed by atoms with Gasteiger partial charge in [0.1, 0.15) is 0 Å². The van der Waals surface area contributed by atoms with Gasteiger partial charge >= 0.3 is 0 Å². The fourth-order valence-corrected chi connectivity index (χ4v) is 1.42. The zero-order valence-electron chi connectivity index (χ0n) is 6.71. The largest absolute Gasteiger partial charge is 0.390 e. The molecule has 0 unspecified atom stereocenters. The first-order valence-electron chi connectivity index (χ1n) is 4.01. The van der Waals surface area contributed by atoms with Gasteiger partial charge in [0, 0.05) is 6.61 Å². The van der Waals surface area contributed by atoms with Crippen LogP contribution in [0.4, 0.5) is 0 Å². The lowest BCUT2D eigenvalue weighted by molar-refractivity contribution is -0.0942. The van der Waals surface area contributed by atoms with Crippen LogP contribution in [-0.2, 0) is 4.74 Å². The van der Waals surface area contributed by atoms with Crippen molar-refractivity contribution in [3.63, 3.8) is 0 Å². The zero-order valence-corrected chi connectivity index (χ0v) is 6.71. The Bertz CT molecular complexity index is 101. The average Bonchev–Trinajstić information content (AvgIpc) is 1.88. The summed E-state index contributed by atoms with van der Waals surface area (Å²) in [6.07, 6.45) is 1.76. The molecule has 0 saturated carbocycles. The van der Waals surface area contributed by atoms with Gasteiger partial charge in [-0.3, -0.25) is 0 Å². The molecule has 1 rings (SSSR count). The molecule has 2 atom stereocenters. The summed E-state index contributed by atoms with van der Waals surface area (Å²) >= 11 is 0. The number of ether oxygens (including phenoxy) is 1. The number of hydrogen-bond donors (Lipinski definition) is 1. The van der Waals surface area contributed by atoms with Crippen LogP contribution in [-0.4, -0.2) is 23.9 Å². The zero-order chi connectivity index (χ0) is 7.56. The molecule has 1 N–H and O–H groups in total. The Morgan fingerprint density at radius 2 is 2.20 bits per heavy atom. The lowest BCUT2D eigenvalue weighted by atomic mass is 9.96. The number of aliphatic hydroxyl groups excluding tert-OH is 1. The molecule has 1 saturated heterocycles. The molecular formula is C8H16O2. The molecule has 1 fully saturated rings. The summed E-state index contributed by atoms with van der Waals surface area (Å²) in [5.41, 5.74) is 0. The molecule has 0 aromatic rings. The minimum atomic E-state index is -0.228. The molecule has 0 amide bonds. The van der Waals surface area contributed by atoms with Crippen molar-refractivity contribution in [1.29, 1.82) is 0 Å². The number of hydrogen-bond acceptors (Lipinski definition) is 2. The summed E-state index contributed by atoms with van der Waals surface area (Å²) in [4.78, 5) is 0. The monoisotopic (exact) mass is 144 g/mol. The molecule has 60 valence electrons. The molecule has 0 spiro atoms. The molecule has 2 heteroatoms. The normalized spacial score (nSPS) is 34.8. The second-order valence-corrected chi connectivity index (χ2v) is 3.29. The van der Waals surface area contributed by atoms with Crippen molar-refractivity contribution in [2.75, 3.05) is 6.61 Å². The van der Waals surface area contributed by atoms with Crippen LogP contribution in [0.2, 0.25) is 0 Å². The minimum Gasteiger partial charge on any atom is -0.390 e. The SMILES string of the molecule is CC(C)[C@@H]1OCCC[C@@H]1O. The van der Waals surface area contributed by atoms with Gasteiger partial charge in [-0.2, -0.15) is 0 Å². The molecule has 0 aliphatic carbocycles. The lowest BCUT2D eigenvalue weighted by Gasteiger charge is -2.30. The van der Waals surface area contributed by atoms with Gasteiger partial charge in [0.2, 0.25) is 0 Å². The van der Waals surface area contributed by atoms with Crippen molar-refractivity contribution in [3.05, 3.63) is 0 Å². The van der Waals surface area contributed by atoms with Crippen molar-refractivity contribution in [2.45, 2.75) is 38.9 Å². The van der Waals surface area contributed by atoms with Crippen molar-refractivity contribution in [3.8, 4) is 0 Å². The average molecular weight is 144 g/mol. The molecule has 0 bridgehead atoms. The summed E-state index contributed by atoms with van der Waals surface area (Å²) in [5, 5.41) is 9.41. The predicted molar refractivity (Wildman–Crippen MR) is 39.8 cm³/mol. The van der Waals surface area contributed by atoms with Crippen LogP contribution in [0, 0.1) is 5.92 Å². The van der Waals surface area contributed by atoms with Crippen LogP contribution in [0.5, 0.6) is 0 Å². The van der Waals surface area contributed by atoms with E-state index in [4.69, 9.17) is 4.74 Å².